The minimum absolute atomic E-state index is 0.00701. The molecule has 1 saturated carbocycles. The van der Waals surface area contributed by atoms with E-state index in [1.807, 2.05) is 0 Å². The third-order valence-corrected chi connectivity index (χ3v) is 5.65. The molecule has 1 fully saturated rings. The summed E-state index contributed by atoms with van der Waals surface area (Å²) >= 11 is 17.7. The molecule has 1 aliphatic carbocycles. The van der Waals surface area contributed by atoms with Crippen LogP contribution >= 0.6 is 34.8 Å². The lowest BCUT2D eigenvalue weighted by Crippen LogP contribution is -2.37. The van der Waals surface area contributed by atoms with E-state index >= 15 is 0 Å². The second-order valence-corrected chi connectivity index (χ2v) is 7.34. The van der Waals surface area contributed by atoms with Crippen molar-refractivity contribution in [2.24, 2.45) is 0 Å². The highest BCUT2D eigenvalue weighted by Gasteiger charge is 2.30. The first-order valence-corrected chi connectivity index (χ1v) is 8.19. The van der Waals surface area contributed by atoms with Crippen LogP contribution in [0.25, 0.3) is 0 Å². The minimum Gasteiger partial charge on any atom is -0.207 e. The molecule has 0 amide bonds. The maximum atomic E-state index is 12.2. The van der Waals surface area contributed by atoms with Crippen molar-refractivity contribution >= 4 is 44.8 Å². The van der Waals surface area contributed by atoms with Crippen LogP contribution in [0.4, 0.5) is 0 Å². The number of nitrogens with one attached hydrogen (secondary N) is 1. The quantitative estimate of drug-likeness (QED) is 0.864. The molecule has 18 heavy (non-hydrogen) atoms. The Bertz CT molecular complexity index is 547. The Morgan fingerprint density at radius 3 is 2.56 bits per heavy atom. The zero-order valence-electron chi connectivity index (χ0n) is 9.37. The van der Waals surface area contributed by atoms with E-state index in [1.54, 1.807) is 6.07 Å². The van der Waals surface area contributed by atoms with Crippen LogP contribution in [0.2, 0.25) is 10.0 Å². The summed E-state index contributed by atoms with van der Waals surface area (Å²) in [5.41, 5.74) is 0. The molecular formula is C11H12Cl3NO2S. The first kappa shape index (κ1) is 14.4. The third-order valence-electron chi connectivity index (χ3n) is 2.92. The van der Waals surface area contributed by atoms with Crippen molar-refractivity contribution < 1.29 is 8.42 Å². The van der Waals surface area contributed by atoms with E-state index in [0.717, 1.165) is 19.3 Å². The molecule has 1 aromatic carbocycles. The summed E-state index contributed by atoms with van der Waals surface area (Å²) in [5, 5.41) is 0.308. The van der Waals surface area contributed by atoms with E-state index < -0.39 is 10.0 Å². The molecule has 2 atom stereocenters. The maximum Gasteiger partial charge on any atom is 0.242 e. The summed E-state index contributed by atoms with van der Waals surface area (Å²) in [5.74, 6) is 0. The Morgan fingerprint density at radius 2 is 1.94 bits per heavy atom. The normalized spacial score (nSPS) is 24.4. The van der Waals surface area contributed by atoms with Gasteiger partial charge in [0.25, 0.3) is 0 Å². The fourth-order valence-electron chi connectivity index (χ4n) is 1.99. The molecule has 0 bridgehead atoms. The molecule has 0 saturated heterocycles. The molecule has 1 N–H and O–H groups in total. The Hall–Kier alpha value is -0.000000000000000167. The second kappa shape index (κ2) is 5.55. The topological polar surface area (TPSA) is 46.2 Å². The van der Waals surface area contributed by atoms with Crippen LogP contribution in [0, 0.1) is 0 Å². The molecule has 0 spiro atoms. The molecule has 3 nitrogen and oxygen atoms in total. The summed E-state index contributed by atoms with van der Waals surface area (Å²) in [6, 6.07) is 4.10. The summed E-state index contributed by atoms with van der Waals surface area (Å²) in [7, 11) is -3.68. The van der Waals surface area contributed by atoms with Crippen LogP contribution in [-0.2, 0) is 10.0 Å². The summed E-state index contributed by atoms with van der Waals surface area (Å²) in [4.78, 5) is -0.00701. The Kier molecular flexibility index (Phi) is 4.44. The number of alkyl halides is 1. The van der Waals surface area contributed by atoms with Crippen molar-refractivity contribution in [2.45, 2.75) is 35.6 Å². The van der Waals surface area contributed by atoms with Crippen LogP contribution in [0.15, 0.2) is 23.1 Å². The SMILES string of the molecule is O=S(=O)(NC1CCCC1Cl)c1cc(Cl)ccc1Cl. The number of benzene rings is 1. The van der Waals surface area contributed by atoms with Gasteiger partial charge in [-0.2, -0.15) is 0 Å². The van der Waals surface area contributed by atoms with Crippen molar-refractivity contribution in [3.8, 4) is 0 Å². The van der Waals surface area contributed by atoms with E-state index in [-0.39, 0.29) is 21.3 Å². The van der Waals surface area contributed by atoms with E-state index in [4.69, 9.17) is 34.8 Å². The number of hydrogen-bond donors (Lipinski definition) is 1. The number of halogens is 3. The van der Waals surface area contributed by atoms with Crippen LogP contribution < -0.4 is 4.72 Å². The average Bonchev–Trinajstić information content (AvgIpc) is 2.67. The van der Waals surface area contributed by atoms with E-state index in [2.05, 4.69) is 4.72 Å². The fraction of sp³-hybridized carbons (Fsp3) is 0.455. The zero-order valence-corrected chi connectivity index (χ0v) is 12.5. The Morgan fingerprint density at radius 1 is 1.22 bits per heavy atom. The van der Waals surface area contributed by atoms with Crippen LogP contribution in [0.3, 0.4) is 0 Å². The van der Waals surface area contributed by atoms with Crippen molar-refractivity contribution in [1.29, 1.82) is 0 Å². The molecule has 0 heterocycles. The van der Waals surface area contributed by atoms with E-state index in [0.29, 0.717) is 5.02 Å². The highest BCUT2D eigenvalue weighted by atomic mass is 35.5. The van der Waals surface area contributed by atoms with Gasteiger partial charge in [-0.25, -0.2) is 13.1 Å². The molecule has 1 aliphatic rings. The predicted octanol–water partition coefficient (Wildman–Crippen LogP) is 3.43. The average molecular weight is 329 g/mol. The van der Waals surface area contributed by atoms with Gasteiger partial charge in [0.1, 0.15) is 4.90 Å². The second-order valence-electron chi connectivity index (χ2n) is 4.25. The smallest absolute Gasteiger partial charge is 0.207 e. The van der Waals surface area contributed by atoms with Gasteiger partial charge in [-0.05, 0) is 31.0 Å². The van der Waals surface area contributed by atoms with Gasteiger partial charge < -0.3 is 0 Å². The third kappa shape index (κ3) is 3.11. The lowest BCUT2D eigenvalue weighted by molar-refractivity contribution is 0.554. The number of rotatable bonds is 3. The zero-order chi connectivity index (χ0) is 13.3. The van der Waals surface area contributed by atoms with Gasteiger partial charge in [-0.15, -0.1) is 11.6 Å². The lowest BCUT2D eigenvalue weighted by Gasteiger charge is -2.16. The molecule has 100 valence electrons. The Balaban J connectivity index is 2.28. The van der Waals surface area contributed by atoms with Gasteiger partial charge in [0.2, 0.25) is 10.0 Å². The van der Waals surface area contributed by atoms with Crippen LogP contribution in [0.1, 0.15) is 19.3 Å². The largest absolute Gasteiger partial charge is 0.242 e. The highest BCUT2D eigenvalue weighted by Crippen LogP contribution is 2.28. The fourth-order valence-corrected chi connectivity index (χ4v) is 4.49. The summed E-state index contributed by atoms with van der Waals surface area (Å²) in [6.45, 7) is 0. The molecule has 0 aliphatic heterocycles. The molecule has 7 heteroatoms. The molecule has 2 unspecified atom stereocenters. The molecule has 1 aromatic rings. The van der Waals surface area contributed by atoms with Gasteiger partial charge in [-0.1, -0.05) is 29.6 Å². The van der Waals surface area contributed by atoms with Crippen LogP contribution in [-0.4, -0.2) is 19.8 Å². The maximum absolute atomic E-state index is 12.2. The summed E-state index contributed by atoms with van der Waals surface area (Å²) < 4.78 is 27.0. The standard InChI is InChI=1S/C11H12Cl3NO2S/c12-7-4-5-9(14)11(6-7)18(16,17)15-10-3-1-2-8(10)13/h4-6,8,10,15H,1-3H2. The first-order chi connectivity index (χ1) is 8.40. The minimum atomic E-state index is -3.68. The molecule has 0 radical (unpaired) electrons. The van der Waals surface area contributed by atoms with Gasteiger partial charge in [0.15, 0.2) is 0 Å². The number of hydrogen-bond acceptors (Lipinski definition) is 2. The molecule has 0 aromatic heterocycles. The van der Waals surface area contributed by atoms with Crippen molar-refractivity contribution in [3.63, 3.8) is 0 Å². The van der Waals surface area contributed by atoms with E-state index in [1.165, 1.54) is 12.1 Å². The van der Waals surface area contributed by atoms with Crippen molar-refractivity contribution in [2.75, 3.05) is 0 Å². The molecule has 2 rings (SSSR count). The van der Waals surface area contributed by atoms with Crippen molar-refractivity contribution in [3.05, 3.63) is 28.2 Å². The summed E-state index contributed by atoms with van der Waals surface area (Å²) in [6.07, 6.45) is 2.48. The van der Waals surface area contributed by atoms with Gasteiger partial charge in [0, 0.05) is 16.4 Å². The van der Waals surface area contributed by atoms with Gasteiger partial charge in [0.05, 0.1) is 5.02 Å². The van der Waals surface area contributed by atoms with Crippen molar-refractivity contribution in [1.82, 2.24) is 4.72 Å². The Labute approximate surface area is 121 Å². The molecular weight excluding hydrogens is 317 g/mol. The predicted molar refractivity (Wildman–Crippen MR) is 74.1 cm³/mol. The number of sulfonamides is 1. The monoisotopic (exact) mass is 327 g/mol. The highest BCUT2D eigenvalue weighted by molar-refractivity contribution is 7.89. The van der Waals surface area contributed by atoms with E-state index in [9.17, 15) is 8.42 Å². The van der Waals surface area contributed by atoms with Gasteiger partial charge >= 0.3 is 0 Å². The van der Waals surface area contributed by atoms with Gasteiger partial charge in [-0.3, -0.25) is 0 Å². The first-order valence-electron chi connectivity index (χ1n) is 5.51. The van der Waals surface area contributed by atoms with Crippen LogP contribution in [0.5, 0.6) is 0 Å². The lowest BCUT2D eigenvalue weighted by atomic mass is 10.3.